The van der Waals surface area contributed by atoms with E-state index in [0.717, 1.165) is 17.5 Å². The zero-order valence-corrected chi connectivity index (χ0v) is 18.2. The second kappa shape index (κ2) is 11.3. The minimum absolute atomic E-state index is 0.0116. The second-order valence-corrected chi connectivity index (χ2v) is 7.47. The van der Waals surface area contributed by atoms with Crippen molar-refractivity contribution in [2.24, 2.45) is 0 Å². The van der Waals surface area contributed by atoms with E-state index in [2.05, 4.69) is 5.32 Å². The first-order chi connectivity index (χ1) is 14.3. The van der Waals surface area contributed by atoms with Crippen LogP contribution >= 0.6 is 0 Å². The maximum atomic E-state index is 13.8. The predicted molar refractivity (Wildman–Crippen MR) is 116 cm³/mol. The summed E-state index contributed by atoms with van der Waals surface area (Å²) in [5.74, 6) is -1.08. The zero-order chi connectivity index (χ0) is 22.1. The molecule has 2 atom stereocenters. The quantitative estimate of drug-likeness (QED) is 0.633. The van der Waals surface area contributed by atoms with E-state index in [0.29, 0.717) is 6.42 Å². The highest BCUT2D eigenvalue weighted by Crippen LogP contribution is 2.17. The lowest BCUT2D eigenvalue weighted by Gasteiger charge is -2.31. The first-order valence-electron chi connectivity index (χ1n) is 10.4. The summed E-state index contributed by atoms with van der Waals surface area (Å²) in [6.07, 6.45) is 1.25. The van der Waals surface area contributed by atoms with Gasteiger partial charge in [-0.25, -0.2) is 4.39 Å². The predicted octanol–water partition coefficient (Wildman–Crippen LogP) is 4.24. The van der Waals surface area contributed by atoms with Gasteiger partial charge in [-0.05, 0) is 44.4 Å². The van der Waals surface area contributed by atoms with Crippen LogP contribution in [0.3, 0.4) is 0 Å². The molecule has 0 aromatic heterocycles. The number of hydrogen-bond acceptors (Lipinski definition) is 3. The van der Waals surface area contributed by atoms with Crippen molar-refractivity contribution >= 4 is 11.8 Å². The summed E-state index contributed by atoms with van der Waals surface area (Å²) in [5, 5.41) is 2.96. The van der Waals surface area contributed by atoms with E-state index in [-0.39, 0.29) is 36.8 Å². The standard InChI is InChI=1S/C24H31FN2O3/c1-5-18(4)26-24(29)21(6-2)27(15-19-13-11-17(3)12-14-19)23(28)16-30-22-10-8-7-9-20(22)25/h7-14,18,21H,5-6,15-16H2,1-4H3,(H,26,29)/t18-,21+/m0/s1. The highest BCUT2D eigenvalue weighted by atomic mass is 19.1. The van der Waals surface area contributed by atoms with Gasteiger partial charge in [0.05, 0.1) is 0 Å². The van der Waals surface area contributed by atoms with Crippen LogP contribution in [0.4, 0.5) is 4.39 Å². The van der Waals surface area contributed by atoms with Crippen molar-refractivity contribution in [2.45, 2.75) is 59.2 Å². The molecule has 0 spiro atoms. The Hall–Kier alpha value is -2.89. The summed E-state index contributed by atoms with van der Waals surface area (Å²) in [6, 6.07) is 13.1. The summed E-state index contributed by atoms with van der Waals surface area (Å²) in [4.78, 5) is 27.4. The lowest BCUT2D eigenvalue weighted by molar-refractivity contribution is -0.143. The number of aryl methyl sites for hydroxylation is 1. The summed E-state index contributed by atoms with van der Waals surface area (Å²) in [5.41, 5.74) is 2.02. The Balaban J connectivity index is 2.21. The van der Waals surface area contributed by atoms with Gasteiger partial charge >= 0.3 is 0 Å². The van der Waals surface area contributed by atoms with Gasteiger partial charge in [0.1, 0.15) is 6.04 Å². The largest absolute Gasteiger partial charge is 0.481 e. The van der Waals surface area contributed by atoms with E-state index >= 15 is 0 Å². The molecule has 0 radical (unpaired) electrons. The second-order valence-electron chi connectivity index (χ2n) is 7.47. The first-order valence-corrected chi connectivity index (χ1v) is 10.4. The Morgan fingerprint density at radius 1 is 1.07 bits per heavy atom. The lowest BCUT2D eigenvalue weighted by Crippen LogP contribution is -2.51. The molecule has 0 saturated heterocycles. The van der Waals surface area contributed by atoms with Crippen molar-refractivity contribution in [2.75, 3.05) is 6.61 Å². The topological polar surface area (TPSA) is 58.6 Å². The number of rotatable bonds is 10. The third-order valence-electron chi connectivity index (χ3n) is 5.05. The number of nitrogens with zero attached hydrogens (tertiary/aromatic N) is 1. The van der Waals surface area contributed by atoms with Crippen molar-refractivity contribution < 1.29 is 18.7 Å². The summed E-state index contributed by atoms with van der Waals surface area (Å²) < 4.78 is 19.3. The van der Waals surface area contributed by atoms with Gasteiger partial charge in [0.2, 0.25) is 5.91 Å². The van der Waals surface area contributed by atoms with Crippen LogP contribution in [0.25, 0.3) is 0 Å². The molecule has 5 nitrogen and oxygen atoms in total. The van der Waals surface area contributed by atoms with Crippen LogP contribution in [0.1, 0.15) is 44.7 Å². The Bertz CT molecular complexity index is 839. The first kappa shape index (κ1) is 23.4. The van der Waals surface area contributed by atoms with Crippen LogP contribution in [0, 0.1) is 12.7 Å². The molecule has 2 rings (SSSR count). The maximum Gasteiger partial charge on any atom is 0.261 e. The van der Waals surface area contributed by atoms with Gasteiger partial charge in [-0.3, -0.25) is 9.59 Å². The monoisotopic (exact) mass is 414 g/mol. The number of carbonyl (C=O) groups excluding carboxylic acids is 2. The molecule has 0 bridgehead atoms. The Morgan fingerprint density at radius 2 is 1.73 bits per heavy atom. The average Bonchev–Trinajstić information content (AvgIpc) is 2.74. The number of ether oxygens (including phenoxy) is 1. The number of hydrogen-bond donors (Lipinski definition) is 1. The van der Waals surface area contributed by atoms with Gasteiger partial charge in [-0.2, -0.15) is 0 Å². The molecule has 6 heteroatoms. The normalized spacial score (nSPS) is 12.7. The molecule has 1 N–H and O–H groups in total. The molecular weight excluding hydrogens is 383 g/mol. The maximum absolute atomic E-state index is 13.8. The fourth-order valence-electron chi connectivity index (χ4n) is 3.03. The van der Waals surface area contributed by atoms with Crippen LogP contribution in [0.5, 0.6) is 5.75 Å². The fourth-order valence-corrected chi connectivity index (χ4v) is 3.03. The van der Waals surface area contributed by atoms with Crippen LogP contribution in [-0.2, 0) is 16.1 Å². The number of amides is 2. The smallest absolute Gasteiger partial charge is 0.261 e. The molecule has 30 heavy (non-hydrogen) atoms. The van der Waals surface area contributed by atoms with E-state index in [9.17, 15) is 14.0 Å². The molecule has 162 valence electrons. The minimum atomic E-state index is -0.642. The number of carbonyl (C=O) groups is 2. The van der Waals surface area contributed by atoms with Crippen molar-refractivity contribution in [3.05, 3.63) is 65.5 Å². The van der Waals surface area contributed by atoms with E-state index in [1.165, 1.54) is 17.0 Å². The molecule has 0 aliphatic heterocycles. The van der Waals surface area contributed by atoms with Crippen molar-refractivity contribution in [3.63, 3.8) is 0 Å². The Morgan fingerprint density at radius 3 is 2.33 bits per heavy atom. The van der Waals surface area contributed by atoms with Gasteiger partial charge in [0.25, 0.3) is 5.91 Å². The third kappa shape index (κ3) is 6.58. The van der Waals surface area contributed by atoms with Gasteiger partial charge < -0.3 is 15.0 Å². The van der Waals surface area contributed by atoms with E-state index in [1.54, 1.807) is 12.1 Å². The number of para-hydroxylation sites is 1. The SMILES string of the molecule is CC[C@H](C(=O)N[C@@H](C)CC)N(Cc1ccc(C)cc1)C(=O)COc1ccccc1F. The highest BCUT2D eigenvalue weighted by Gasteiger charge is 2.29. The van der Waals surface area contributed by atoms with Crippen LogP contribution in [-0.4, -0.2) is 35.4 Å². The van der Waals surface area contributed by atoms with Crippen LogP contribution in [0.2, 0.25) is 0 Å². The van der Waals surface area contributed by atoms with Crippen molar-refractivity contribution in [3.8, 4) is 5.75 Å². The number of nitrogens with one attached hydrogen (secondary N) is 1. The lowest BCUT2D eigenvalue weighted by atomic mass is 10.1. The summed E-state index contributed by atoms with van der Waals surface area (Å²) >= 11 is 0. The minimum Gasteiger partial charge on any atom is -0.481 e. The van der Waals surface area contributed by atoms with Gasteiger partial charge in [0, 0.05) is 12.6 Å². The zero-order valence-electron chi connectivity index (χ0n) is 18.2. The Kier molecular flexibility index (Phi) is 8.84. The molecule has 2 aromatic carbocycles. The average molecular weight is 415 g/mol. The molecule has 0 saturated carbocycles. The summed E-state index contributed by atoms with van der Waals surface area (Å²) in [6.45, 7) is 7.70. The molecule has 0 heterocycles. The summed E-state index contributed by atoms with van der Waals surface area (Å²) in [7, 11) is 0. The molecule has 2 aromatic rings. The van der Waals surface area contributed by atoms with Gasteiger partial charge in [-0.15, -0.1) is 0 Å². The van der Waals surface area contributed by atoms with E-state index < -0.39 is 11.9 Å². The van der Waals surface area contributed by atoms with Gasteiger partial charge in [-0.1, -0.05) is 55.8 Å². The van der Waals surface area contributed by atoms with E-state index in [4.69, 9.17) is 4.74 Å². The van der Waals surface area contributed by atoms with Crippen molar-refractivity contribution in [1.82, 2.24) is 10.2 Å². The van der Waals surface area contributed by atoms with E-state index in [1.807, 2.05) is 52.0 Å². The molecule has 0 aliphatic carbocycles. The molecule has 0 unspecified atom stereocenters. The Labute approximate surface area is 178 Å². The fraction of sp³-hybridized carbons (Fsp3) is 0.417. The van der Waals surface area contributed by atoms with Crippen LogP contribution in [0.15, 0.2) is 48.5 Å². The van der Waals surface area contributed by atoms with Crippen molar-refractivity contribution in [1.29, 1.82) is 0 Å². The van der Waals surface area contributed by atoms with Gasteiger partial charge in [0.15, 0.2) is 18.2 Å². The molecular formula is C24H31FN2O3. The van der Waals surface area contributed by atoms with Crippen LogP contribution < -0.4 is 10.1 Å². The number of benzene rings is 2. The molecule has 0 fully saturated rings. The molecule has 0 aliphatic rings. The third-order valence-corrected chi connectivity index (χ3v) is 5.05. The number of halogens is 1. The molecule has 2 amide bonds. The highest BCUT2D eigenvalue weighted by molar-refractivity contribution is 5.88.